The summed E-state index contributed by atoms with van der Waals surface area (Å²) in [6, 6.07) is 0.133. The van der Waals surface area contributed by atoms with Gasteiger partial charge in [-0.2, -0.15) is 0 Å². The van der Waals surface area contributed by atoms with Crippen molar-refractivity contribution in [3.05, 3.63) is 11.9 Å². The van der Waals surface area contributed by atoms with Crippen molar-refractivity contribution in [2.24, 2.45) is 7.05 Å². The number of hydrogen-bond donors (Lipinski definition) is 1. The first kappa shape index (κ1) is 20.0. The first-order valence-electron chi connectivity index (χ1n) is 8.48. The Hall–Kier alpha value is -1.28. The second kappa shape index (κ2) is 9.43. The molecule has 0 spiro atoms. The third-order valence-electron chi connectivity index (χ3n) is 4.25. The van der Waals surface area contributed by atoms with Crippen molar-refractivity contribution >= 4 is 13.7 Å². The number of nitrogens with one attached hydrogen (secondary N) is 1. The summed E-state index contributed by atoms with van der Waals surface area (Å²) in [6.07, 6.45) is 6.63. The Morgan fingerprint density at radius 1 is 1.32 bits per heavy atom. The molecule has 1 aliphatic carbocycles. The van der Waals surface area contributed by atoms with Crippen LogP contribution in [0.5, 0.6) is 0 Å². The summed E-state index contributed by atoms with van der Waals surface area (Å²) < 4.78 is 28.6. The van der Waals surface area contributed by atoms with Crippen molar-refractivity contribution in [1.29, 1.82) is 0 Å². The van der Waals surface area contributed by atoms with Gasteiger partial charge in [0.25, 0.3) is 0 Å². The standard InChI is InChI=1S/C15H27N4O5P/c1-19-11-13(17-18-19)5-4-6-15(20)16-12-7-9-14(10-8-12)24-25(21,22-2)23-3/h11-12,14H,4-10H2,1-3H3,(H,16,20). The molecule has 1 heterocycles. The zero-order valence-electron chi connectivity index (χ0n) is 15.0. The summed E-state index contributed by atoms with van der Waals surface area (Å²) in [4.78, 5) is 12.0. The zero-order chi connectivity index (χ0) is 18.3. The SMILES string of the molecule is COP(=O)(OC)OC1CCC(NC(=O)CCCc2cn(C)nn2)CC1. The quantitative estimate of drug-likeness (QED) is 0.659. The summed E-state index contributed by atoms with van der Waals surface area (Å²) in [5.74, 6) is 0.0488. The van der Waals surface area contributed by atoms with Gasteiger partial charge in [-0.15, -0.1) is 5.10 Å². The number of carbonyl (C=O) groups excluding carboxylic acids is 1. The minimum atomic E-state index is -3.44. The smallest absolute Gasteiger partial charge is 0.353 e. The molecule has 0 radical (unpaired) electrons. The van der Waals surface area contributed by atoms with Gasteiger partial charge >= 0.3 is 7.82 Å². The highest BCUT2D eigenvalue weighted by atomic mass is 31.2. The number of aryl methyl sites for hydroxylation is 2. The van der Waals surface area contributed by atoms with Crippen molar-refractivity contribution < 1.29 is 22.9 Å². The maximum Gasteiger partial charge on any atom is 0.474 e. The normalized spacial score (nSPS) is 21.2. The summed E-state index contributed by atoms with van der Waals surface area (Å²) >= 11 is 0. The molecule has 1 aromatic rings. The molecule has 0 aliphatic heterocycles. The monoisotopic (exact) mass is 374 g/mol. The van der Waals surface area contributed by atoms with Gasteiger partial charge in [-0.25, -0.2) is 4.57 Å². The molecule has 142 valence electrons. The van der Waals surface area contributed by atoms with Crippen LogP contribution in [-0.2, 0) is 36.4 Å². The van der Waals surface area contributed by atoms with Crippen molar-refractivity contribution in [2.45, 2.75) is 57.1 Å². The summed E-state index contributed by atoms with van der Waals surface area (Å²) in [5.41, 5.74) is 0.897. The maximum absolute atomic E-state index is 12.0. The van der Waals surface area contributed by atoms with E-state index in [2.05, 4.69) is 15.6 Å². The molecular weight excluding hydrogens is 347 g/mol. The second-order valence-electron chi connectivity index (χ2n) is 6.20. The lowest BCUT2D eigenvalue weighted by Crippen LogP contribution is -2.38. The second-order valence-corrected chi connectivity index (χ2v) is 8.03. The molecule has 1 amide bonds. The Bertz CT molecular complexity index is 592. The fraction of sp³-hybridized carbons (Fsp3) is 0.800. The molecule has 1 fully saturated rings. The maximum atomic E-state index is 12.0. The fourth-order valence-corrected chi connectivity index (χ4v) is 3.79. The topological polar surface area (TPSA) is 105 Å². The number of amides is 1. The van der Waals surface area contributed by atoms with E-state index < -0.39 is 7.82 Å². The Kier molecular flexibility index (Phi) is 7.56. The van der Waals surface area contributed by atoms with E-state index in [1.165, 1.54) is 14.2 Å². The number of carbonyl (C=O) groups is 1. The van der Waals surface area contributed by atoms with E-state index in [1.54, 1.807) is 4.68 Å². The molecule has 9 nitrogen and oxygen atoms in total. The van der Waals surface area contributed by atoms with E-state index in [4.69, 9.17) is 13.6 Å². The predicted molar refractivity (Wildman–Crippen MR) is 90.8 cm³/mol. The van der Waals surface area contributed by atoms with E-state index in [-0.39, 0.29) is 18.1 Å². The number of phosphoric acid groups is 1. The van der Waals surface area contributed by atoms with Crippen LogP contribution in [0.3, 0.4) is 0 Å². The Morgan fingerprint density at radius 3 is 2.56 bits per heavy atom. The van der Waals surface area contributed by atoms with Crippen molar-refractivity contribution in [1.82, 2.24) is 20.3 Å². The minimum absolute atomic E-state index is 0.0488. The average molecular weight is 374 g/mol. The highest BCUT2D eigenvalue weighted by molar-refractivity contribution is 7.48. The molecule has 1 aromatic heterocycles. The fourth-order valence-electron chi connectivity index (χ4n) is 2.90. The van der Waals surface area contributed by atoms with Gasteiger partial charge in [-0.1, -0.05) is 5.21 Å². The first-order valence-corrected chi connectivity index (χ1v) is 9.94. The van der Waals surface area contributed by atoms with Gasteiger partial charge in [-0.05, 0) is 38.5 Å². The third-order valence-corrected chi connectivity index (χ3v) is 5.70. The molecule has 2 rings (SSSR count). The van der Waals surface area contributed by atoms with E-state index >= 15 is 0 Å². The lowest BCUT2D eigenvalue weighted by atomic mass is 9.93. The molecule has 0 aromatic carbocycles. The highest BCUT2D eigenvalue weighted by Crippen LogP contribution is 2.50. The summed E-state index contributed by atoms with van der Waals surface area (Å²) in [6.45, 7) is 0. The van der Waals surface area contributed by atoms with Crippen molar-refractivity contribution in [2.75, 3.05) is 14.2 Å². The Morgan fingerprint density at radius 2 is 2.00 bits per heavy atom. The van der Waals surface area contributed by atoms with Gasteiger partial charge in [0, 0.05) is 39.9 Å². The van der Waals surface area contributed by atoms with Gasteiger partial charge in [0.05, 0.1) is 11.8 Å². The number of phosphoric ester groups is 1. The van der Waals surface area contributed by atoms with E-state index in [9.17, 15) is 9.36 Å². The van der Waals surface area contributed by atoms with Crippen LogP contribution in [0.15, 0.2) is 6.20 Å². The van der Waals surface area contributed by atoms with Crippen LogP contribution in [-0.4, -0.2) is 47.3 Å². The molecule has 1 saturated carbocycles. The largest absolute Gasteiger partial charge is 0.474 e. The third kappa shape index (κ3) is 6.51. The number of nitrogens with zero attached hydrogens (tertiary/aromatic N) is 3. The molecule has 0 bridgehead atoms. The van der Waals surface area contributed by atoms with Crippen LogP contribution in [0.1, 0.15) is 44.2 Å². The van der Waals surface area contributed by atoms with Crippen molar-refractivity contribution in [3.8, 4) is 0 Å². The molecule has 0 saturated heterocycles. The molecule has 1 aliphatic rings. The summed E-state index contributed by atoms with van der Waals surface area (Å²) in [5, 5.41) is 10.9. The van der Waals surface area contributed by atoms with Crippen LogP contribution in [0.25, 0.3) is 0 Å². The first-order chi connectivity index (χ1) is 11.9. The van der Waals surface area contributed by atoms with Crippen molar-refractivity contribution in [3.63, 3.8) is 0 Å². The highest BCUT2D eigenvalue weighted by Gasteiger charge is 2.31. The number of hydrogen-bond acceptors (Lipinski definition) is 7. The molecule has 10 heteroatoms. The molecule has 25 heavy (non-hydrogen) atoms. The van der Waals surface area contributed by atoms with E-state index in [0.29, 0.717) is 19.3 Å². The van der Waals surface area contributed by atoms with Gasteiger partial charge in [-0.3, -0.25) is 23.0 Å². The average Bonchev–Trinajstić information content (AvgIpc) is 3.02. The van der Waals surface area contributed by atoms with Crippen LogP contribution in [0, 0.1) is 0 Å². The molecule has 0 unspecified atom stereocenters. The van der Waals surface area contributed by atoms with Crippen LogP contribution in [0.4, 0.5) is 0 Å². The lowest BCUT2D eigenvalue weighted by Gasteiger charge is -2.30. The summed E-state index contributed by atoms with van der Waals surface area (Å²) in [7, 11) is 0.987. The van der Waals surface area contributed by atoms with Gasteiger partial charge in [0.15, 0.2) is 0 Å². The van der Waals surface area contributed by atoms with Gasteiger partial charge in [0.2, 0.25) is 5.91 Å². The van der Waals surface area contributed by atoms with Gasteiger partial charge < -0.3 is 5.32 Å². The van der Waals surface area contributed by atoms with Crippen LogP contribution < -0.4 is 5.32 Å². The van der Waals surface area contributed by atoms with Gasteiger partial charge in [0.1, 0.15) is 0 Å². The Balaban J connectivity index is 1.64. The number of aromatic nitrogens is 3. The Labute approximate surface area is 148 Å². The molecular formula is C15H27N4O5P. The van der Waals surface area contributed by atoms with Crippen LogP contribution in [0.2, 0.25) is 0 Å². The minimum Gasteiger partial charge on any atom is -0.353 e. The van der Waals surface area contributed by atoms with E-state index in [1.807, 2.05) is 13.2 Å². The van der Waals surface area contributed by atoms with E-state index in [0.717, 1.165) is 31.4 Å². The zero-order valence-corrected chi connectivity index (χ0v) is 15.9. The molecule has 0 atom stereocenters. The van der Waals surface area contributed by atoms with Crippen LogP contribution >= 0.6 is 7.82 Å². The number of rotatable bonds is 9. The predicted octanol–water partition coefficient (Wildman–Crippen LogP) is 1.98. The lowest BCUT2D eigenvalue weighted by molar-refractivity contribution is -0.122. The molecule has 1 N–H and O–H groups in total.